The van der Waals surface area contributed by atoms with Gasteiger partial charge in [-0.25, -0.2) is 9.97 Å². The smallest absolute Gasteiger partial charge is 0.251 e. The van der Waals surface area contributed by atoms with Crippen molar-refractivity contribution in [2.45, 2.75) is 17.5 Å². The van der Waals surface area contributed by atoms with Crippen LogP contribution in [0.1, 0.15) is 21.6 Å². The van der Waals surface area contributed by atoms with Crippen LogP contribution in [0.5, 0.6) is 5.75 Å². The molecule has 0 unspecified atom stereocenters. The van der Waals surface area contributed by atoms with Gasteiger partial charge in [0.15, 0.2) is 5.16 Å². The molecule has 44 heavy (non-hydrogen) atoms. The van der Waals surface area contributed by atoms with Crippen LogP contribution in [0.4, 0.5) is 11.5 Å². The predicted molar refractivity (Wildman–Crippen MR) is 176 cm³/mol. The Morgan fingerprint density at radius 3 is 2.27 bits per heavy atom. The average Bonchev–Trinajstić information content (AvgIpc) is 3.11. The van der Waals surface area contributed by atoms with Crippen LogP contribution in [-0.2, 0) is 12.3 Å². The summed E-state index contributed by atoms with van der Waals surface area (Å²) >= 11 is 1.60. The van der Waals surface area contributed by atoms with E-state index >= 15 is 0 Å². The van der Waals surface area contributed by atoms with Gasteiger partial charge in [0.25, 0.3) is 5.91 Å². The van der Waals surface area contributed by atoms with Crippen molar-refractivity contribution in [3.63, 3.8) is 0 Å². The van der Waals surface area contributed by atoms with Crippen molar-refractivity contribution in [2.75, 3.05) is 43.1 Å². The van der Waals surface area contributed by atoms with E-state index in [1.165, 1.54) is 5.69 Å². The van der Waals surface area contributed by atoms with E-state index in [9.17, 15) is 4.79 Å². The highest BCUT2D eigenvalue weighted by Crippen LogP contribution is 2.29. The van der Waals surface area contributed by atoms with Crippen molar-refractivity contribution in [1.29, 1.82) is 0 Å². The zero-order chi connectivity index (χ0) is 30.1. The first-order chi connectivity index (χ1) is 21.6. The molecule has 5 aromatic rings. The van der Waals surface area contributed by atoms with Gasteiger partial charge in [-0.3, -0.25) is 9.78 Å². The van der Waals surface area contributed by atoms with Gasteiger partial charge in [0.05, 0.1) is 25.0 Å². The molecule has 0 radical (unpaired) electrons. The Bertz CT molecular complexity index is 1660. The number of amides is 1. The van der Waals surface area contributed by atoms with E-state index < -0.39 is 0 Å². The Morgan fingerprint density at radius 1 is 0.841 bits per heavy atom. The first-order valence-electron chi connectivity index (χ1n) is 14.6. The summed E-state index contributed by atoms with van der Waals surface area (Å²) in [6.45, 7) is 3.93. The molecule has 1 aliphatic rings. The van der Waals surface area contributed by atoms with Crippen LogP contribution in [0.25, 0.3) is 11.3 Å². The van der Waals surface area contributed by atoms with E-state index in [1.807, 2.05) is 72.8 Å². The number of nitrogens with zero attached hydrogens (tertiary/aromatic N) is 5. The van der Waals surface area contributed by atoms with Crippen LogP contribution in [0.15, 0.2) is 114 Å². The molecule has 3 heterocycles. The first-order valence-corrected chi connectivity index (χ1v) is 15.6. The monoisotopic (exact) mass is 602 g/mol. The highest BCUT2D eigenvalue weighted by atomic mass is 32.2. The zero-order valence-electron chi connectivity index (χ0n) is 24.6. The highest BCUT2D eigenvalue weighted by Gasteiger charge is 2.20. The molecule has 1 N–H and O–H groups in total. The maximum absolute atomic E-state index is 12.6. The van der Waals surface area contributed by atoms with Gasteiger partial charge in [0.1, 0.15) is 11.6 Å². The lowest BCUT2D eigenvalue weighted by atomic mass is 10.1. The summed E-state index contributed by atoms with van der Waals surface area (Å²) in [6, 6.07) is 33.9. The Labute approximate surface area is 262 Å². The molecular formula is C35H34N6O2S. The average molecular weight is 603 g/mol. The molecule has 1 saturated heterocycles. The highest BCUT2D eigenvalue weighted by molar-refractivity contribution is 7.98. The summed E-state index contributed by atoms with van der Waals surface area (Å²) in [5.41, 5.74) is 5.72. The number of anilines is 2. The van der Waals surface area contributed by atoms with Gasteiger partial charge in [0.2, 0.25) is 0 Å². The van der Waals surface area contributed by atoms with Crippen LogP contribution in [0.3, 0.4) is 0 Å². The summed E-state index contributed by atoms with van der Waals surface area (Å²) in [4.78, 5) is 31.5. The fraction of sp³-hybridized carbons (Fsp3) is 0.200. The molecule has 1 fully saturated rings. The van der Waals surface area contributed by atoms with Crippen molar-refractivity contribution < 1.29 is 9.53 Å². The van der Waals surface area contributed by atoms with E-state index in [0.717, 1.165) is 65.4 Å². The topological polar surface area (TPSA) is 83.5 Å². The van der Waals surface area contributed by atoms with Gasteiger partial charge < -0.3 is 19.9 Å². The van der Waals surface area contributed by atoms with E-state index in [0.29, 0.717) is 17.9 Å². The summed E-state index contributed by atoms with van der Waals surface area (Å²) in [7, 11) is 1.69. The number of rotatable bonds is 10. The number of carbonyl (C=O) groups is 1. The number of benzene rings is 3. The van der Waals surface area contributed by atoms with Gasteiger partial charge in [-0.1, -0.05) is 60.3 Å². The summed E-state index contributed by atoms with van der Waals surface area (Å²) in [5.74, 6) is 2.38. The Kier molecular flexibility index (Phi) is 9.32. The second kappa shape index (κ2) is 14.1. The third kappa shape index (κ3) is 7.36. The van der Waals surface area contributed by atoms with Gasteiger partial charge >= 0.3 is 0 Å². The second-order valence-corrected chi connectivity index (χ2v) is 11.4. The van der Waals surface area contributed by atoms with Crippen molar-refractivity contribution in [3.05, 3.63) is 126 Å². The summed E-state index contributed by atoms with van der Waals surface area (Å²) in [5, 5.41) is 3.66. The van der Waals surface area contributed by atoms with Crippen LogP contribution in [0, 0.1) is 0 Å². The van der Waals surface area contributed by atoms with Crippen LogP contribution < -0.4 is 19.9 Å². The lowest BCUT2D eigenvalue weighted by Gasteiger charge is -2.37. The van der Waals surface area contributed by atoms with Gasteiger partial charge in [-0.2, -0.15) is 0 Å². The standard InChI is InChI=1S/C35H34N6O2S/c1-43-31-16-14-30(15-17-31)40-19-21-41(22-20-40)33-23-32(27-7-3-2-4-8-27)38-35(39-33)44-25-26-10-12-28(13-11-26)34(42)37-24-29-9-5-6-18-36-29/h2-18,23H,19-22,24-25H2,1H3,(H,37,42). The third-order valence-corrected chi connectivity index (χ3v) is 8.46. The van der Waals surface area contributed by atoms with Gasteiger partial charge in [-0.15, -0.1) is 0 Å². The largest absolute Gasteiger partial charge is 0.497 e. The molecule has 1 aliphatic heterocycles. The normalized spacial score (nSPS) is 13.0. The minimum absolute atomic E-state index is 0.120. The molecule has 3 aromatic carbocycles. The van der Waals surface area contributed by atoms with Gasteiger partial charge in [0, 0.05) is 61.0 Å². The lowest BCUT2D eigenvalue weighted by molar-refractivity contribution is 0.0950. The Hall–Kier alpha value is -4.89. The molecule has 0 aliphatic carbocycles. The van der Waals surface area contributed by atoms with E-state index in [4.69, 9.17) is 14.7 Å². The molecular weight excluding hydrogens is 568 g/mol. The maximum atomic E-state index is 12.6. The molecule has 6 rings (SSSR count). The van der Waals surface area contributed by atoms with Crippen LogP contribution in [0.2, 0.25) is 0 Å². The number of ether oxygens (including phenoxy) is 1. The van der Waals surface area contributed by atoms with E-state index in [1.54, 1.807) is 25.1 Å². The minimum atomic E-state index is -0.120. The third-order valence-electron chi connectivity index (χ3n) is 7.54. The molecule has 0 spiro atoms. The second-order valence-electron chi connectivity index (χ2n) is 10.4. The summed E-state index contributed by atoms with van der Waals surface area (Å²) < 4.78 is 5.31. The molecule has 8 nitrogen and oxygen atoms in total. The summed E-state index contributed by atoms with van der Waals surface area (Å²) in [6.07, 6.45) is 1.72. The fourth-order valence-electron chi connectivity index (χ4n) is 5.06. The molecule has 9 heteroatoms. The fourth-order valence-corrected chi connectivity index (χ4v) is 5.87. The van der Waals surface area contributed by atoms with Gasteiger partial charge in [-0.05, 0) is 54.1 Å². The van der Waals surface area contributed by atoms with Crippen molar-refractivity contribution in [2.24, 2.45) is 0 Å². The van der Waals surface area contributed by atoms with Crippen LogP contribution >= 0.6 is 11.8 Å². The molecule has 0 bridgehead atoms. The molecule has 2 aromatic heterocycles. The number of hydrogen-bond acceptors (Lipinski definition) is 8. The zero-order valence-corrected chi connectivity index (χ0v) is 25.4. The number of thioether (sulfide) groups is 1. The first kappa shape index (κ1) is 29.2. The van der Waals surface area contributed by atoms with Crippen molar-refractivity contribution in [1.82, 2.24) is 20.3 Å². The molecule has 0 atom stereocenters. The maximum Gasteiger partial charge on any atom is 0.251 e. The quantitative estimate of drug-likeness (QED) is 0.152. The SMILES string of the molecule is COc1ccc(N2CCN(c3cc(-c4ccccc4)nc(SCc4ccc(C(=O)NCc5ccccn5)cc4)n3)CC2)cc1. The number of nitrogens with one attached hydrogen (secondary N) is 1. The van der Waals surface area contributed by atoms with Crippen molar-refractivity contribution in [3.8, 4) is 17.0 Å². The minimum Gasteiger partial charge on any atom is -0.497 e. The van der Waals surface area contributed by atoms with E-state index in [-0.39, 0.29) is 5.91 Å². The predicted octanol–water partition coefficient (Wildman–Crippen LogP) is 6.10. The van der Waals surface area contributed by atoms with E-state index in [2.05, 4.69) is 50.4 Å². The molecule has 1 amide bonds. The number of pyridine rings is 1. The number of aromatic nitrogens is 3. The number of hydrogen-bond donors (Lipinski definition) is 1. The van der Waals surface area contributed by atoms with Crippen molar-refractivity contribution >= 4 is 29.2 Å². The Morgan fingerprint density at radius 2 is 1.57 bits per heavy atom. The number of methoxy groups -OCH3 is 1. The number of piperazine rings is 1. The molecule has 0 saturated carbocycles. The lowest BCUT2D eigenvalue weighted by Crippen LogP contribution is -2.46. The number of carbonyl (C=O) groups excluding carboxylic acids is 1. The Balaban J connectivity index is 1.12. The van der Waals surface area contributed by atoms with Crippen LogP contribution in [-0.4, -0.2) is 54.1 Å². The molecule has 222 valence electrons.